The van der Waals surface area contributed by atoms with Crippen molar-refractivity contribution in [1.29, 1.82) is 0 Å². The minimum atomic E-state index is -3.81. The Labute approximate surface area is 231 Å². The highest BCUT2D eigenvalue weighted by Gasteiger charge is 2.33. The zero-order chi connectivity index (χ0) is 28.8. The van der Waals surface area contributed by atoms with Gasteiger partial charge in [0.05, 0.1) is 31.2 Å². The zero-order valence-corrected chi connectivity index (χ0v) is 23.0. The molecule has 1 heterocycles. The standard InChI is InChI=1S/C28H28BFN2O7S/c1-31-28(33)26-21-13-20(17-5-6-17)23(14-24(21)39-27(26)18-7-9-19(30)10-8-18)32(40(3,36)37)15-16-4-11-22(29(34)35)25(12-16)38-2/h4,7-14,17,34-35H,5-6,15H2,1-3H3,(H,31,33). The first-order chi connectivity index (χ1) is 19.0. The largest absolute Gasteiger partial charge is 0.497 e. The third-order valence-electron chi connectivity index (χ3n) is 6.99. The van der Waals surface area contributed by atoms with E-state index < -0.39 is 23.0 Å². The van der Waals surface area contributed by atoms with E-state index in [9.17, 15) is 27.7 Å². The number of methoxy groups -OCH3 is 1. The molecule has 0 bridgehead atoms. The van der Waals surface area contributed by atoms with E-state index in [4.69, 9.17) is 9.15 Å². The molecule has 4 aromatic rings. The van der Waals surface area contributed by atoms with Crippen molar-refractivity contribution in [3.63, 3.8) is 0 Å². The van der Waals surface area contributed by atoms with Crippen molar-refractivity contribution in [3.05, 3.63) is 77.1 Å². The monoisotopic (exact) mass is 566 g/mol. The molecule has 9 nitrogen and oxygen atoms in total. The van der Waals surface area contributed by atoms with Crippen molar-refractivity contribution in [2.75, 3.05) is 24.7 Å². The van der Waals surface area contributed by atoms with Crippen LogP contribution in [0.1, 0.15) is 40.2 Å². The number of rotatable bonds is 9. The Bertz CT molecular complexity index is 1700. The lowest BCUT2D eigenvalue weighted by Gasteiger charge is -2.26. The van der Waals surface area contributed by atoms with Gasteiger partial charge in [-0.1, -0.05) is 12.1 Å². The summed E-state index contributed by atoms with van der Waals surface area (Å²) in [6, 6.07) is 13.7. The Balaban J connectivity index is 1.69. The summed E-state index contributed by atoms with van der Waals surface area (Å²) < 4.78 is 52.6. The molecule has 1 saturated carbocycles. The summed E-state index contributed by atoms with van der Waals surface area (Å²) in [5.41, 5.74) is 3.00. The van der Waals surface area contributed by atoms with E-state index in [-0.39, 0.29) is 40.9 Å². The molecule has 3 N–H and O–H groups in total. The van der Waals surface area contributed by atoms with Crippen molar-refractivity contribution >= 4 is 45.2 Å². The minimum absolute atomic E-state index is 0.0595. The van der Waals surface area contributed by atoms with E-state index in [1.165, 1.54) is 48.8 Å². The number of nitrogens with one attached hydrogen (secondary N) is 1. The lowest BCUT2D eigenvalue weighted by molar-refractivity contribution is 0.0964. The van der Waals surface area contributed by atoms with Gasteiger partial charge in [0, 0.05) is 29.5 Å². The van der Waals surface area contributed by atoms with Crippen molar-refractivity contribution < 1.29 is 36.8 Å². The molecule has 0 radical (unpaired) electrons. The van der Waals surface area contributed by atoms with Gasteiger partial charge < -0.3 is 24.5 Å². The van der Waals surface area contributed by atoms with Gasteiger partial charge in [-0.3, -0.25) is 9.10 Å². The Hall–Kier alpha value is -3.87. The average Bonchev–Trinajstić information content (AvgIpc) is 3.70. The number of ether oxygens (including phenoxy) is 1. The molecule has 3 aromatic carbocycles. The van der Waals surface area contributed by atoms with Gasteiger partial charge in [-0.2, -0.15) is 0 Å². The maximum Gasteiger partial charge on any atom is 0.492 e. The third-order valence-corrected chi connectivity index (χ3v) is 8.11. The van der Waals surface area contributed by atoms with Crippen LogP contribution in [-0.2, 0) is 16.6 Å². The van der Waals surface area contributed by atoms with Crippen LogP contribution < -0.4 is 19.8 Å². The quantitative estimate of drug-likeness (QED) is 0.266. The van der Waals surface area contributed by atoms with Gasteiger partial charge in [0.25, 0.3) is 5.91 Å². The number of nitrogens with zero attached hydrogens (tertiary/aromatic N) is 1. The topological polar surface area (TPSA) is 129 Å². The second-order valence-electron chi connectivity index (χ2n) is 9.79. The number of hydrogen-bond donors (Lipinski definition) is 3. The number of carbonyl (C=O) groups excluding carboxylic acids is 1. The number of carbonyl (C=O) groups is 1. The molecule has 208 valence electrons. The Morgan fingerprint density at radius 2 is 1.85 bits per heavy atom. The highest BCUT2D eigenvalue weighted by atomic mass is 32.2. The molecular formula is C28H28BFN2O7S. The fourth-order valence-corrected chi connectivity index (χ4v) is 5.75. The predicted octanol–water partition coefficient (Wildman–Crippen LogP) is 3.13. The van der Waals surface area contributed by atoms with Gasteiger partial charge in [-0.05, 0) is 66.3 Å². The predicted molar refractivity (Wildman–Crippen MR) is 151 cm³/mol. The molecule has 1 aromatic heterocycles. The molecule has 40 heavy (non-hydrogen) atoms. The average molecular weight is 566 g/mol. The molecule has 0 aliphatic heterocycles. The number of hydrogen-bond acceptors (Lipinski definition) is 7. The number of fused-ring (bicyclic) bond motifs is 1. The maximum absolute atomic E-state index is 13.6. The van der Waals surface area contributed by atoms with Gasteiger partial charge in [0.15, 0.2) is 0 Å². The van der Waals surface area contributed by atoms with Crippen molar-refractivity contribution in [2.24, 2.45) is 0 Å². The molecular weight excluding hydrogens is 538 g/mol. The van der Waals surface area contributed by atoms with E-state index in [0.717, 1.165) is 24.7 Å². The van der Waals surface area contributed by atoms with Crippen LogP contribution in [0.15, 0.2) is 59.0 Å². The fraction of sp³-hybridized carbons (Fsp3) is 0.250. The fourth-order valence-electron chi connectivity index (χ4n) is 4.86. The van der Waals surface area contributed by atoms with Crippen molar-refractivity contribution in [1.82, 2.24) is 5.32 Å². The SMILES string of the molecule is CNC(=O)c1c(-c2ccc(F)cc2)oc2cc(N(Cc3ccc(B(O)O)c(OC)c3)S(C)(=O)=O)c(C3CC3)cc12. The Kier molecular flexibility index (Phi) is 7.34. The molecule has 0 spiro atoms. The van der Waals surface area contributed by atoms with Crippen LogP contribution >= 0.6 is 0 Å². The smallest absolute Gasteiger partial charge is 0.492 e. The lowest BCUT2D eigenvalue weighted by atomic mass is 9.79. The van der Waals surface area contributed by atoms with Crippen LogP contribution in [0.5, 0.6) is 5.75 Å². The maximum atomic E-state index is 13.6. The summed E-state index contributed by atoms with van der Waals surface area (Å²) in [4.78, 5) is 13.0. The highest BCUT2D eigenvalue weighted by Crippen LogP contribution is 2.48. The van der Waals surface area contributed by atoms with E-state index in [0.29, 0.717) is 27.8 Å². The van der Waals surface area contributed by atoms with E-state index in [1.54, 1.807) is 18.2 Å². The molecule has 0 saturated heterocycles. The molecule has 1 amide bonds. The molecule has 12 heteroatoms. The van der Waals surface area contributed by atoms with Gasteiger partial charge in [-0.25, -0.2) is 12.8 Å². The van der Waals surface area contributed by atoms with Crippen LogP contribution in [-0.4, -0.2) is 51.9 Å². The van der Waals surface area contributed by atoms with E-state index in [1.807, 2.05) is 6.07 Å². The number of benzene rings is 3. The first kappa shape index (κ1) is 27.7. The van der Waals surface area contributed by atoms with E-state index in [2.05, 4.69) is 5.32 Å². The Morgan fingerprint density at radius 1 is 1.15 bits per heavy atom. The van der Waals surface area contributed by atoms with Crippen molar-refractivity contribution in [2.45, 2.75) is 25.3 Å². The first-order valence-corrected chi connectivity index (χ1v) is 14.5. The van der Waals surface area contributed by atoms with Crippen molar-refractivity contribution in [3.8, 4) is 17.1 Å². The molecule has 1 aliphatic rings. The zero-order valence-electron chi connectivity index (χ0n) is 22.1. The molecule has 5 rings (SSSR count). The van der Waals surface area contributed by atoms with Crippen LogP contribution in [0.3, 0.4) is 0 Å². The molecule has 1 fully saturated rings. The number of halogens is 1. The van der Waals surface area contributed by atoms with Gasteiger partial charge in [0.2, 0.25) is 10.0 Å². The van der Waals surface area contributed by atoms with Crippen LogP contribution in [0.25, 0.3) is 22.3 Å². The molecule has 1 aliphatic carbocycles. The van der Waals surface area contributed by atoms with Gasteiger partial charge >= 0.3 is 7.12 Å². The number of anilines is 1. The number of sulfonamides is 1. The number of amides is 1. The molecule has 0 unspecified atom stereocenters. The lowest BCUT2D eigenvalue weighted by Crippen LogP contribution is -2.32. The Morgan fingerprint density at radius 3 is 2.42 bits per heavy atom. The van der Waals surface area contributed by atoms with Crippen LogP contribution in [0.4, 0.5) is 10.1 Å². The molecule has 0 atom stereocenters. The van der Waals surface area contributed by atoms with Crippen LogP contribution in [0, 0.1) is 5.82 Å². The van der Waals surface area contributed by atoms with Gasteiger partial charge in [0.1, 0.15) is 22.9 Å². The third kappa shape index (κ3) is 5.29. The highest BCUT2D eigenvalue weighted by molar-refractivity contribution is 7.92. The summed E-state index contributed by atoms with van der Waals surface area (Å²) in [7, 11) is -2.66. The summed E-state index contributed by atoms with van der Waals surface area (Å²) in [6.45, 7) is -0.0595. The first-order valence-electron chi connectivity index (χ1n) is 12.6. The number of furan rings is 1. The van der Waals surface area contributed by atoms with Gasteiger partial charge in [-0.15, -0.1) is 0 Å². The summed E-state index contributed by atoms with van der Waals surface area (Å²) in [5, 5.41) is 22.4. The summed E-state index contributed by atoms with van der Waals surface area (Å²) in [6.07, 6.45) is 2.84. The normalized spacial score (nSPS) is 13.3. The summed E-state index contributed by atoms with van der Waals surface area (Å²) in [5.74, 6) is -0.245. The van der Waals surface area contributed by atoms with Crippen LogP contribution in [0.2, 0.25) is 0 Å². The second-order valence-corrected chi connectivity index (χ2v) is 11.7. The summed E-state index contributed by atoms with van der Waals surface area (Å²) >= 11 is 0. The minimum Gasteiger partial charge on any atom is -0.497 e. The second kappa shape index (κ2) is 10.6. The van der Waals surface area contributed by atoms with E-state index >= 15 is 0 Å².